The van der Waals surface area contributed by atoms with E-state index in [0.717, 1.165) is 11.4 Å². The van der Waals surface area contributed by atoms with Gasteiger partial charge >= 0.3 is 5.97 Å². The van der Waals surface area contributed by atoms with Crippen LogP contribution in [-0.2, 0) is 20.9 Å². The molecule has 1 aliphatic heterocycles. The normalized spacial score (nSPS) is 17.4. The molecule has 0 atom stereocenters. The molecule has 116 valence electrons. The molecule has 2 rings (SSSR count). The average Bonchev–Trinajstić information content (AvgIpc) is 2.75. The lowest BCUT2D eigenvalue weighted by atomic mass is 9.80. The second kappa shape index (κ2) is 6.26. The van der Waals surface area contributed by atoms with Crippen molar-refractivity contribution in [2.45, 2.75) is 33.2 Å². The van der Waals surface area contributed by atoms with Gasteiger partial charge in [-0.25, -0.2) is 0 Å². The minimum atomic E-state index is -0.914. The molecule has 1 aliphatic rings. The summed E-state index contributed by atoms with van der Waals surface area (Å²) in [5, 5.41) is 16.4. The van der Waals surface area contributed by atoms with Crippen LogP contribution in [0.25, 0.3) is 0 Å². The number of ether oxygens (including phenoxy) is 1. The SMILES string of the molecule is Cc1cc(C)n(CC(=O)NCC2(C(=O)O)CCOCC2)n1. The maximum atomic E-state index is 12.0. The highest BCUT2D eigenvalue weighted by molar-refractivity contribution is 5.79. The molecule has 1 aromatic heterocycles. The van der Waals surface area contributed by atoms with Crippen molar-refractivity contribution < 1.29 is 19.4 Å². The first-order chi connectivity index (χ1) is 9.93. The van der Waals surface area contributed by atoms with Gasteiger partial charge < -0.3 is 15.2 Å². The van der Waals surface area contributed by atoms with Crippen molar-refractivity contribution in [3.63, 3.8) is 0 Å². The molecule has 2 heterocycles. The number of carboxylic acid groups (broad SMARTS) is 1. The Kier molecular flexibility index (Phi) is 4.62. The number of aryl methyl sites for hydroxylation is 2. The number of nitrogens with one attached hydrogen (secondary N) is 1. The Bertz CT molecular complexity index is 532. The number of carbonyl (C=O) groups excluding carboxylic acids is 1. The van der Waals surface area contributed by atoms with Crippen LogP contribution in [-0.4, -0.2) is 46.5 Å². The zero-order valence-electron chi connectivity index (χ0n) is 12.4. The summed E-state index contributed by atoms with van der Waals surface area (Å²) < 4.78 is 6.82. The smallest absolute Gasteiger partial charge is 0.311 e. The van der Waals surface area contributed by atoms with E-state index >= 15 is 0 Å². The Morgan fingerprint density at radius 3 is 2.62 bits per heavy atom. The van der Waals surface area contributed by atoms with E-state index in [9.17, 15) is 14.7 Å². The van der Waals surface area contributed by atoms with Crippen LogP contribution in [0.15, 0.2) is 6.07 Å². The predicted molar refractivity (Wildman–Crippen MR) is 74.8 cm³/mol. The first kappa shape index (κ1) is 15.5. The summed E-state index contributed by atoms with van der Waals surface area (Å²) in [4.78, 5) is 23.5. The quantitative estimate of drug-likeness (QED) is 0.825. The molecule has 7 nitrogen and oxygen atoms in total. The molecule has 0 bridgehead atoms. The van der Waals surface area contributed by atoms with Gasteiger partial charge in [-0.15, -0.1) is 0 Å². The van der Waals surface area contributed by atoms with Gasteiger partial charge in [0.2, 0.25) is 5.91 Å². The Hall–Kier alpha value is -1.89. The number of nitrogens with zero attached hydrogens (tertiary/aromatic N) is 2. The van der Waals surface area contributed by atoms with Gasteiger partial charge in [-0.3, -0.25) is 14.3 Å². The number of hydrogen-bond donors (Lipinski definition) is 2. The third kappa shape index (κ3) is 3.60. The van der Waals surface area contributed by atoms with E-state index in [1.165, 1.54) is 0 Å². The fourth-order valence-corrected chi connectivity index (χ4v) is 2.52. The minimum absolute atomic E-state index is 0.103. The van der Waals surface area contributed by atoms with Crippen molar-refractivity contribution >= 4 is 11.9 Å². The second-order valence-electron chi connectivity index (χ2n) is 5.56. The van der Waals surface area contributed by atoms with Gasteiger partial charge in [0.05, 0.1) is 11.1 Å². The molecule has 1 fully saturated rings. The van der Waals surface area contributed by atoms with E-state index in [0.29, 0.717) is 26.1 Å². The Balaban J connectivity index is 1.93. The van der Waals surface area contributed by atoms with Gasteiger partial charge in [-0.05, 0) is 32.8 Å². The van der Waals surface area contributed by atoms with Crippen LogP contribution < -0.4 is 5.32 Å². The van der Waals surface area contributed by atoms with E-state index in [1.54, 1.807) is 4.68 Å². The molecular weight excluding hydrogens is 274 g/mol. The lowest BCUT2D eigenvalue weighted by Crippen LogP contribution is -2.47. The zero-order valence-corrected chi connectivity index (χ0v) is 12.4. The molecule has 0 aromatic carbocycles. The van der Waals surface area contributed by atoms with Gasteiger partial charge in [-0.2, -0.15) is 5.10 Å². The molecular formula is C14H21N3O4. The summed E-state index contributed by atoms with van der Waals surface area (Å²) in [5.74, 6) is -1.11. The molecule has 1 aromatic rings. The number of carboxylic acids is 1. The second-order valence-corrected chi connectivity index (χ2v) is 5.56. The highest BCUT2D eigenvalue weighted by Gasteiger charge is 2.40. The Morgan fingerprint density at radius 2 is 2.10 bits per heavy atom. The van der Waals surface area contributed by atoms with Gasteiger partial charge in [0.15, 0.2) is 0 Å². The fraction of sp³-hybridized carbons (Fsp3) is 0.643. The van der Waals surface area contributed by atoms with Crippen molar-refractivity contribution in [2.24, 2.45) is 5.41 Å². The summed E-state index contributed by atoms with van der Waals surface area (Å²) >= 11 is 0. The van der Waals surface area contributed by atoms with Gasteiger partial charge in [0, 0.05) is 25.5 Å². The lowest BCUT2D eigenvalue weighted by molar-refractivity contribution is -0.154. The summed E-state index contributed by atoms with van der Waals surface area (Å²) in [7, 11) is 0. The first-order valence-electron chi connectivity index (χ1n) is 7.02. The van der Waals surface area contributed by atoms with Crippen molar-refractivity contribution in [3.05, 3.63) is 17.5 Å². The monoisotopic (exact) mass is 295 g/mol. The maximum Gasteiger partial charge on any atom is 0.311 e. The predicted octanol–water partition coefficient (Wildman–Crippen LogP) is 0.498. The Labute approximate surface area is 123 Å². The molecule has 21 heavy (non-hydrogen) atoms. The third-order valence-electron chi connectivity index (χ3n) is 3.92. The van der Waals surface area contributed by atoms with Crippen molar-refractivity contribution in [1.29, 1.82) is 0 Å². The summed E-state index contributed by atoms with van der Waals surface area (Å²) in [6.45, 7) is 4.81. The molecule has 2 N–H and O–H groups in total. The summed E-state index contributed by atoms with van der Waals surface area (Å²) in [5.41, 5.74) is 0.844. The standard InChI is InChI=1S/C14H21N3O4/c1-10-7-11(2)17(16-10)8-12(18)15-9-14(13(19)20)3-5-21-6-4-14/h7H,3-6,8-9H2,1-2H3,(H,15,18)(H,19,20). The van der Waals surface area contributed by atoms with Crippen molar-refractivity contribution in [3.8, 4) is 0 Å². The number of carbonyl (C=O) groups is 2. The van der Waals surface area contributed by atoms with Gasteiger partial charge in [0.25, 0.3) is 0 Å². The molecule has 0 radical (unpaired) electrons. The molecule has 1 amide bonds. The molecule has 1 saturated heterocycles. The van der Waals surface area contributed by atoms with Crippen LogP contribution in [0.1, 0.15) is 24.2 Å². The van der Waals surface area contributed by atoms with E-state index in [1.807, 2.05) is 19.9 Å². The van der Waals surface area contributed by atoms with Crippen LogP contribution >= 0.6 is 0 Å². The highest BCUT2D eigenvalue weighted by Crippen LogP contribution is 2.30. The van der Waals surface area contributed by atoms with Crippen LogP contribution in [0.3, 0.4) is 0 Å². The minimum Gasteiger partial charge on any atom is -0.481 e. The van der Waals surface area contributed by atoms with E-state index in [2.05, 4.69) is 10.4 Å². The number of aromatic nitrogens is 2. The third-order valence-corrected chi connectivity index (χ3v) is 3.92. The number of rotatable bonds is 5. The summed E-state index contributed by atoms with van der Waals surface area (Å²) in [6, 6.07) is 1.89. The molecule has 0 spiro atoms. The van der Waals surface area contributed by atoms with E-state index < -0.39 is 11.4 Å². The van der Waals surface area contributed by atoms with E-state index in [4.69, 9.17) is 4.74 Å². The topological polar surface area (TPSA) is 93.5 Å². The van der Waals surface area contributed by atoms with Gasteiger partial charge in [-0.1, -0.05) is 0 Å². The largest absolute Gasteiger partial charge is 0.481 e. The lowest BCUT2D eigenvalue weighted by Gasteiger charge is -2.33. The first-order valence-corrected chi connectivity index (χ1v) is 7.02. The number of amides is 1. The number of aliphatic carboxylic acids is 1. The van der Waals surface area contributed by atoms with Crippen LogP contribution in [0.5, 0.6) is 0 Å². The highest BCUT2D eigenvalue weighted by atomic mass is 16.5. The van der Waals surface area contributed by atoms with Gasteiger partial charge in [0.1, 0.15) is 6.54 Å². The number of hydrogen-bond acceptors (Lipinski definition) is 4. The van der Waals surface area contributed by atoms with E-state index in [-0.39, 0.29) is 19.0 Å². The Morgan fingerprint density at radius 1 is 1.43 bits per heavy atom. The maximum absolute atomic E-state index is 12.0. The van der Waals surface area contributed by atoms with Crippen LogP contribution in [0, 0.1) is 19.3 Å². The molecule has 0 unspecified atom stereocenters. The fourth-order valence-electron chi connectivity index (χ4n) is 2.52. The zero-order chi connectivity index (χ0) is 15.5. The molecule has 0 saturated carbocycles. The summed E-state index contributed by atoms with van der Waals surface area (Å²) in [6.07, 6.45) is 0.838. The van der Waals surface area contributed by atoms with Crippen molar-refractivity contribution in [2.75, 3.05) is 19.8 Å². The van der Waals surface area contributed by atoms with Crippen molar-refractivity contribution in [1.82, 2.24) is 15.1 Å². The molecule has 7 heteroatoms. The average molecular weight is 295 g/mol. The van der Waals surface area contributed by atoms with Crippen LogP contribution in [0.4, 0.5) is 0 Å². The van der Waals surface area contributed by atoms with Crippen LogP contribution in [0.2, 0.25) is 0 Å². The molecule has 0 aliphatic carbocycles.